The molecule has 0 amide bonds. The molecule has 1 saturated heterocycles. The van der Waals surface area contributed by atoms with E-state index < -0.39 is 0 Å². The number of ether oxygens (including phenoxy) is 1. The smallest absolute Gasteiger partial charge is 0.272 e. The predicted molar refractivity (Wildman–Crippen MR) is 96.4 cm³/mol. The molecule has 4 heterocycles. The number of hydrogen-bond acceptors (Lipinski definition) is 6. The highest BCUT2D eigenvalue weighted by atomic mass is 16.5. The first-order valence-electron chi connectivity index (χ1n) is 8.38. The van der Waals surface area contributed by atoms with Gasteiger partial charge in [0.05, 0.1) is 29.7 Å². The second-order valence-electron chi connectivity index (χ2n) is 6.34. The van der Waals surface area contributed by atoms with Crippen molar-refractivity contribution in [1.82, 2.24) is 15.1 Å². The van der Waals surface area contributed by atoms with Crippen molar-refractivity contribution < 1.29 is 4.74 Å². The summed E-state index contributed by atoms with van der Waals surface area (Å²) in [6.07, 6.45) is 6.16. The molecule has 3 aliphatic heterocycles. The van der Waals surface area contributed by atoms with Crippen molar-refractivity contribution in [3.63, 3.8) is 0 Å². The molecule has 7 heteroatoms. The lowest BCUT2D eigenvalue weighted by Crippen LogP contribution is -2.38. The molecule has 0 spiro atoms. The van der Waals surface area contributed by atoms with Gasteiger partial charge in [-0.1, -0.05) is 12.1 Å². The summed E-state index contributed by atoms with van der Waals surface area (Å²) < 4.78 is 5.41. The third-order valence-electron chi connectivity index (χ3n) is 4.74. The lowest BCUT2D eigenvalue weighted by atomic mass is 10.1. The fourth-order valence-electron chi connectivity index (χ4n) is 3.48. The average Bonchev–Trinajstić information content (AvgIpc) is 2.65. The van der Waals surface area contributed by atoms with Crippen molar-refractivity contribution in [3.8, 4) is 0 Å². The molecule has 0 unspecified atom stereocenters. The molecule has 0 aliphatic carbocycles. The van der Waals surface area contributed by atoms with Crippen LogP contribution in [-0.4, -0.2) is 53.8 Å². The van der Waals surface area contributed by atoms with E-state index in [1.165, 1.54) is 5.57 Å². The zero-order chi connectivity index (χ0) is 16.8. The van der Waals surface area contributed by atoms with Gasteiger partial charge < -0.3 is 4.74 Å². The molecule has 1 N–H and O–H groups in total. The maximum Gasteiger partial charge on any atom is 0.272 e. The van der Waals surface area contributed by atoms with Crippen molar-refractivity contribution in [1.29, 1.82) is 0 Å². The number of aromatic nitrogens is 2. The molecule has 0 radical (unpaired) electrons. The molecular formula is C18H17N5O2. The van der Waals surface area contributed by atoms with Crippen LogP contribution in [0.2, 0.25) is 0 Å². The Morgan fingerprint density at radius 3 is 2.96 bits per heavy atom. The quantitative estimate of drug-likeness (QED) is 0.901. The first-order valence-corrected chi connectivity index (χ1v) is 8.38. The third-order valence-corrected chi connectivity index (χ3v) is 4.74. The zero-order valence-electron chi connectivity index (χ0n) is 13.6. The van der Waals surface area contributed by atoms with Crippen molar-refractivity contribution >= 4 is 28.1 Å². The largest absolute Gasteiger partial charge is 0.379 e. The Balaban J connectivity index is 1.57. The van der Waals surface area contributed by atoms with Crippen LogP contribution in [-0.2, 0) is 4.74 Å². The Morgan fingerprint density at radius 1 is 1.20 bits per heavy atom. The van der Waals surface area contributed by atoms with E-state index in [1.54, 1.807) is 0 Å². The van der Waals surface area contributed by atoms with Gasteiger partial charge in [0, 0.05) is 25.8 Å². The Bertz CT molecular complexity index is 998. The highest BCUT2D eigenvalue weighted by molar-refractivity contribution is 6.18. The number of H-pyrrole nitrogens is 1. The van der Waals surface area contributed by atoms with Crippen LogP contribution >= 0.6 is 0 Å². The molecule has 25 heavy (non-hydrogen) atoms. The van der Waals surface area contributed by atoms with Gasteiger partial charge >= 0.3 is 0 Å². The highest BCUT2D eigenvalue weighted by Crippen LogP contribution is 2.37. The molecule has 0 atom stereocenters. The van der Waals surface area contributed by atoms with Gasteiger partial charge in [0.25, 0.3) is 5.56 Å². The first-order chi connectivity index (χ1) is 12.3. The summed E-state index contributed by atoms with van der Waals surface area (Å²) in [7, 11) is 0. The molecule has 1 aromatic heterocycles. The van der Waals surface area contributed by atoms with Gasteiger partial charge in [-0.2, -0.15) is 5.10 Å². The molecule has 1 fully saturated rings. The number of aromatic amines is 1. The molecule has 3 aliphatic rings. The topological polar surface area (TPSA) is 73.8 Å². The zero-order valence-corrected chi connectivity index (χ0v) is 13.6. The first kappa shape index (κ1) is 14.6. The van der Waals surface area contributed by atoms with Crippen LogP contribution < -0.4 is 10.5 Å². The summed E-state index contributed by atoms with van der Waals surface area (Å²) in [4.78, 5) is 21.1. The number of rotatable bonds is 2. The summed E-state index contributed by atoms with van der Waals surface area (Å²) in [6.45, 7) is 4.30. The van der Waals surface area contributed by atoms with E-state index in [1.807, 2.05) is 29.2 Å². The molecule has 7 nitrogen and oxygen atoms in total. The normalized spacial score (nSPS) is 19.6. The minimum atomic E-state index is -0.190. The summed E-state index contributed by atoms with van der Waals surface area (Å²) in [5, 5.41) is 8.31. The molecule has 2 aromatic rings. The number of anilines is 1. The summed E-state index contributed by atoms with van der Waals surface area (Å²) >= 11 is 0. The van der Waals surface area contributed by atoms with Gasteiger partial charge in [0.1, 0.15) is 5.84 Å². The second kappa shape index (κ2) is 5.65. The number of hydrogen-bond donors (Lipinski definition) is 1. The second-order valence-corrected chi connectivity index (χ2v) is 6.34. The van der Waals surface area contributed by atoms with Crippen LogP contribution in [0.25, 0.3) is 10.8 Å². The number of amidine groups is 1. The Labute approximate surface area is 143 Å². The summed E-state index contributed by atoms with van der Waals surface area (Å²) in [6, 6.07) is 5.57. The minimum absolute atomic E-state index is 0.190. The van der Waals surface area contributed by atoms with Gasteiger partial charge in [0.15, 0.2) is 5.82 Å². The van der Waals surface area contributed by atoms with Crippen molar-refractivity contribution in [2.45, 2.75) is 0 Å². The lowest BCUT2D eigenvalue weighted by Gasteiger charge is -2.31. The Kier molecular flexibility index (Phi) is 3.29. The van der Waals surface area contributed by atoms with Crippen LogP contribution in [0.4, 0.5) is 11.5 Å². The molecule has 126 valence electrons. The van der Waals surface area contributed by atoms with E-state index in [-0.39, 0.29) is 5.56 Å². The number of fused-ring (bicyclic) bond motifs is 2. The number of aliphatic imine (C=N–C) groups is 1. The summed E-state index contributed by atoms with van der Waals surface area (Å²) in [5.41, 5.74) is 1.78. The SMILES string of the molecule is O=c1[nH]nc2c3c(cccc13)N=C1C=CC(CN3CCOCC3)=CN12. The van der Waals surface area contributed by atoms with Crippen LogP contribution in [0, 0.1) is 0 Å². The summed E-state index contributed by atoms with van der Waals surface area (Å²) in [5.74, 6) is 1.53. The lowest BCUT2D eigenvalue weighted by molar-refractivity contribution is 0.0426. The van der Waals surface area contributed by atoms with Gasteiger partial charge in [-0.05, 0) is 23.8 Å². The van der Waals surface area contributed by atoms with Gasteiger partial charge in [-0.3, -0.25) is 14.6 Å². The monoisotopic (exact) mass is 335 g/mol. The van der Waals surface area contributed by atoms with Crippen LogP contribution in [0.15, 0.2) is 51.9 Å². The standard InChI is InChI=1S/C18H17N5O2/c24-18-13-2-1-3-14-16(13)17(20-21-18)23-11-12(4-5-15(23)19-14)10-22-6-8-25-9-7-22/h1-5,11H,6-10H2,(H,21,24). The van der Waals surface area contributed by atoms with E-state index >= 15 is 0 Å². The molecule has 5 rings (SSSR count). The van der Waals surface area contributed by atoms with Crippen molar-refractivity contribution in [3.05, 3.63) is 52.5 Å². The molecule has 1 aromatic carbocycles. The number of benzene rings is 1. The molecular weight excluding hydrogens is 318 g/mol. The Hall–Kier alpha value is -2.77. The fourth-order valence-corrected chi connectivity index (χ4v) is 3.48. The van der Waals surface area contributed by atoms with Gasteiger partial charge in [-0.25, -0.2) is 10.1 Å². The van der Waals surface area contributed by atoms with Crippen molar-refractivity contribution in [2.24, 2.45) is 4.99 Å². The van der Waals surface area contributed by atoms with E-state index in [2.05, 4.69) is 27.4 Å². The van der Waals surface area contributed by atoms with E-state index in [0.29, 0.717) is 5.39 Å². The maximum atomic E-state index is 12.1. The van der Waals surface area contributed by atoms with Gasteiger partial charge in [0.2, 0.25) is 0 Å². The van der Waals surface area contributed by atoms with E-state index in [0.717, 1.165) is 55.6 Å². The minimum Gasteiger partial charge on any atom is -0.379 e. The molecule has 0 saturated carbocycles. The number of morpholine rings is 1. The van der Waals surface area contributed by atoms with Crippen LogP contribution in [0.5, 0.6) is 0 Å². The van der Waals surface area contributed by atoms with Crippen molar-refractivity contribution in [2.75, 3.05) is 37.7 Å². The Morgan fingerprint density at radius 2 is 2.08 bits per heavy atom. The third kappa shape index (κ3) is 2.40. The van der Waals surface area contributed by atoms with E-state index in [4.69, 9.17) is 9.73 Å². The number of nitrogens with one attached hydrogen (secondary N) is 1. The van der Waals surface area contributed by atoms with Crippen LogP contribution in [0.1, 0.15) is 0 Å². The van der Waals surface area contributed by atoms with Crippen LogP contribution in [0.3, 0.4) is 0 Å². The van der Waals surface area contributed by atoms with E-state index in [9.17, 15) is 4.79 Å². The average molecular weight is 335 g/mol. The maximum absolute atomic E-state index is 12.1. The fraction of sp³-hybridized carbons (Fsp3) is 0.278. The highest BCUT2D eigenvalue weighted by Gasteiger charge is 2.25. The van der Waals surface area contributed by atoms with Gasteiger partial charge in [-0.15, -0.1) is 0 Å². The predicted octanol–water partition coefficient (Wildman–Crippen LogP) is 1.56. The molecule has 0 bridgehead atoms. The number of nitrogens with zero attached hydrogens (tertiary/aromatic N) is 4.